The zero-order valence-electron chi connectivity index (χ0n) is 23.5. The molecule has 0 spiro atoms. The molecular weight excluding hydrogens is 507 g/mol. The van der Waals surface area contributed by atoms with Crippen LogP contribution in [0, 0.1) is 11.8 Å². The minimum atomic E-state index is -1.30. The molecule has 216 valence electrons. The first-order valence-corrected chi connectivity index (χ1v) is 14.6. The van der Waals surface area contributed by atoms with Gasteiger partial charge < -0.3 is 29.4 Å². The van der Waals surface area contributed by atoms with Crippen molar-refractivity contribution in [1.82, 2.24) is 0 Å². The molecule has 0 amide bonds. The molecule has 2 aromatic carbocycles. The third kappa shape index (κ3) is 8.27. The second kappa shape index (κ2) is 14.9. The lowest BCUT2D eigenvalue weighted by atomic mass is 9.77. The molecular formula is C32H43BO7. The van der Waals surface area contributed by atoms with Crippen LogP contribution in [0.4, 0.5) is 0 Å². The van der Waals surface area contributed by atoms with E-state index in [1.807, 2.05) is 74.5 Å². The second-order valence-electron chi connectivity index (χ2n) is 11.3. The number of aryl methyl sites for hydroxylation is 1. The summed E-state index contributed by atoms with van der Waals surface area (Å²) in [5.74, 6) is -0.675. The van der Waals surface area contributed by atoms with Crippen LogP contribution >= 0.6 is 0 Å². The number of esters is 1. The van der Waals surface area contributed by atoms with Gasteiger partial charge in [-0.05, 0) is 69.3 Å². The quantitative estimate of drug-likeness (QED) is 0.143. The predicted molar refractivity (Wildman–Crippen MR) is 155 cm³/mol. The van der Waals surface area contributed by atoms with Crippen molar-refractivity contribution in [3.63, 3.8) is 0 Å². The maximum absolute atomic E-state index is 11.8. The van der Waals surface area contributed by atoms with Crippen molar-refractivity contribution in [2.75, 3.05) is 0 Å². The topological polar surface area (TPSA) is 105 Å². The van der Waals surface area contributed by atoms with Crippen LogP contribution in [0.1, 0.15) is 57.9 Å². The lowest BCUT2D eigenvalue weighted by Gasteiger charge is -2.33. The van der Waals surface area contributed by atoms with Crippen molar-refractivity contribution in [2.24, 2.45) is 11.8 Å². The fraction of sp³-hybridized carbons (Fsp3) is 0.531. The number of ether oxygens (including phenoxy) is 1. The number of unbranched alkanes of at least 4 members (excludes halogenated alkanes) is 1. The van der Waals surface area contributed by atoms with E-state index in [4.69, 9.17) is 14.0 Å². The Labute approximate surface area is 238 Å². The predicted octanol–water partition coefficient (Wildman–Crippen LogP) is 3.59. The Balaban J connectivity index is 1.40. The van der Waals surface area contributed by atoms with Gasteiger partial charge >= 0.3 is 13.1 Å². The number of allylic oxidation sites excluding steroid dienone is 2. The van der Waals surface area contributed by atoms with Gasteiger partial charge in [0.15, 0.2) is 0 Å². The Bertz CT molecular complexity index is 1060. The van der Waals surface area contributed by atoms with E-state index in [1.165, 1.54) is 0 Å². The smallest absolute Gasteiger partial charge is 0.463 e. The van der Waals surface area contributed by atoms with Crippen molar-refractivity contribution in [2.45, 2.75) is 95.4 Å². The standard InChI is InChI=1S/C32H43BO7/c1-22(2)38-29(35)18-12-4-3-11-17-25-27-21-28(40-33(39-27)24-15-9-6-10-16-24)30(25)32(37)31(36)26(34)20-19-23-13-7-5-8-14-23/h3,5-11,13-16,22,25-28,30-32,34,36-37H,4,12,17-21H2,1-2H3/b11-3-/t25-,26-,27-,28+,30+,31-,32+/m0/s1. The third-order valence-electron chi connectivity index (χ3n) is 7.94. The second-order valence-corrected chi connectivity index (χ2v) is 11.3. The summed E-state index contributed by atoms with van der Waals surface area (Å²) in [6.07, 6.45) is 4.05. The number of hydrogen-bond donors (Lipinski definition) is 3. The van der Waals surface area contributed by atoms with E-state index in [9.17, 15) is 20.1 Å². The molecule has 40 heavy (non-hydrogen) atoms. The maximum atomic E-state index is 11.8. The van der Waals surface area contributed by atoms with Crippen LogP contribution in [0.3, 0.4) is 0 Å². The largest absolute Gasteiger partial charge is 0.494 e. The Hall–Kier alpha value is -2.49. The lowest BCUT2D eigenvalue weighted by Crippen LogP contribution is -2.48. The van der Waals surface area contributed by atoms with Gasteiger partial charge in [-0.25, -0.2) is 0 Å². The van der Waals surface area contributed by atoms with Crippen molar-refractivity contribution in [1.29, 1.82) is 0 Å². The summed E-state index contributed by atoms with van der Waals surface area (Å²) in [7, 11) is -0.541. The van der Waals surface area contributed by atoms with Crippen LogP contribution in [0.25, 0.3) is 0 Å². The van der Waals surface area contributed by atoms with Crippen LogP contribution in [0.5, 0.6) is 0 Å². The number of aliphatic hydroxyl groups is 3. The SMILES string of the molecule is CC(C)OC(=O)CCC/C=C\C[C@@H]1[C@@H]([C@@H](O)[C@@H](O)[C@@H](O)CCc2ccccc2)[C@H]2C[C@@H]1OB(c1ccccc1)O2. The first kappa shape index (κ1) is 30.5. The Kier molecular flexibility index (Phi) is 11.4. The highest BCUT2D eigenvalue weighted by Crippen LogP contribution is 2.45. The zero-order valence-corrected chi connectivity index (χ0v) is 23.5. The molecule has 1 aliphatic heterocycles. The van der Waals surface area contributed by atoms with Gasteiger partial charge in [0.2, 0.25) is 0 Å². The Morgan fingerprint density at radius 1 is 1.00 bits per heavy atom. The molecule has 1 saturated heterocycles. The molecule has 8 heteroatoms. The van der Waals surface area contributed by atoms with Gasteiger partial charge in [-0.3, -0.25) is 4.79 Å². The van der Waals surface area contributed by atoms with E-state index >= 15 is 0 Å². The fourth-order valence-corrected chi connectivity index (χ4v) is 5.93. The highest BCUT2D eigenvalue weighted by Gasteiger charge is 2.54. The highest BCUT2D eigenvalue weighted by atomic mass is 16.6. The summed E-state index contributed by atoms with van der Waals surface area (Å²) in [6, 6.07) is 19.5. The number of carbonyl (C=O) groups is 1. The third-order valence-corrected chi connectivity index (χ3v) is 7.94. The summed E-state index contributed by atoms with van der Waals surface area (Å²) in [5.41, 5.74) is 1.99. The van der Waals surface area contributed by atoms with E-state index in [1.54, 1.807) is 0 Å². The van der Waals surface area contributed by atoms with Crippen LogP contribution in [0.15, 0.2) is 72.8 Å². The van der Waals surface area contributed by atoms with Gasteiger partial charge in [0, 0.05) is 18.4 Å². The van der Waals surface area contributed by atoms with Gasteiger partial charge in [0.1, 0.15) is 6.10 Å². The van der Waals surface area contributed by atoms with E-state index in [2.05, 4.69) is 12.2 Å². The summed E-state index contributed by atoms with van der Waals surface area (Å²) in [4.78, 5) is 11.8. The molecule has 3 N–H and O–H groups in total. The molecule has 2 aliphatic rings. The van der Waals surface area contributed by atoms with E-state index < -0.39 is 31.3 Å². The molecule has 1 saturated carbocycles. The van der Waals surface area contributed by atoms with Gasteiger partial charge in [0.05, 0.1) is 24.4 Å². The molecule has 4 rings (SSSR count). The molecule has 1 heterocycles. The van der Waals surface area contributed by atoms with Gasteiger partial charge in [-0.2, -0.15) is 0 Å². The van der Waals surface area contributed by atoms with Gasteiger partial charge in [-0.1, -0.05) is 72.8 Å². The van der Waals surface area contributed by atoms with Crippen LogP contribution in [-0.4, -0.2) is 65.0 Å². The molecule has 7 atom stereocenters. The van der Waals surface area contributed by atoms with Crippen LogP contribution < -0.4 is 5.46 Å². The highest BCUT2D eigenvalue weighted by molar-refractivity contribution is 6.61. The van der Waals surface area contributed by atoms with Crippen molar-refractivity contribution < 1.29 is 34.2 Å². The minimum absolute atomic E-state index is 0.0909. The maximum Gasteiger partial charge on any atom is 0.494 e. The van der Waals surface area contributed by atoms with E-state index in [-0.39, 0.29) is 30.2 Å². The van der Waals surface area contributed by atoms with Crippen LogP contribution in [0.2, 0.25) is 0 Å². The monoisotopic (exact) mass is 550 g/mol. The Morgan fingerprint density at radius 2 is 1.68 bits per heavy atom. The number of hydrogen-bond acceptors (Lipinski definition) is 7. The molecule has 0 unspecified atom stereocenters. The number of fused-ring (bicyclic) bond motifs is 2. The van der Waals surface area contributed by atoms with E-state index in [0.717, 1.165) is 17.4 Å². The number of benzene rings is 2. The first-order valence-electron chi connectivity index (χ1n) is 14.6. The molecule has 1 aliphatic carbocycles. The Morgan fingerprint density at radius 3 is 2.38 bits per heavy atom. The molecule has 2 aromatic rings. The van der Waals surface area contributed by atoms with Crippen LogP contribution in [-0.2, 0) is 25.3 Å². The summed E-state index contributed by atoms with van der Waals surface area (Å²) in [5, 5.41) is 33.3. The molecule has 2 bridgehead atoms. The van der Waals surface area contributed by atoms with E-state index in [0.29, 0.717) is 38.5 Å². The molecule has 7 nitrogen and oxygen atoms in total. The number of aliphatic hydroxyl groups excluding tert-OH is 3. The summed E-state index contributed by atoms with van der Waals surface area (Å²) < 4.78 is 17.9. The molecule has 2 fully saturated rings. The fourth-order valence-electron chi connectivity index (χ4n) is 5.93. The molecule has 0 radical (unpaired) electrons. The van der Waals surface area contributed by atoms with Gasteiger partial charge in [0.25, 0.3) is 0 Å². The van der Waals surface area contributed by atoms with Crippen molar-refractivity contribution >= 4 is 18.6 Å². The average molecular weight is 551 g/mol. The molecule has 0 aromatic heterocycles. The number of carbonyl (C=O) groups excluding carboxylic acids is 1. The zero-order chi connectivity index (χ0) is 28.5. The van der Waals surface area contributed by atoms with Crippen molar-refractivity contribution in [3.8, 4) is 0 Å². The minimum Gasteiger partial charge on any atom is -0.463 e. The van der Waals surface area contributed by atoms with Gasteiger partial charge in [-0.15, -0.1) is 0 Å². The number of rotatable bonds is 14. The normalized spacial score (nSPS) is 24.8. The first-order chi connectivity index (χ1) is 19.3. The summed E-state index contributed by atoms with van der Waals surface area (Å²) in [6.45, 7) is 3.68. The average Bonchev–Trinajstić information content (AvgIpc) is 3.21. The summed E-state index contributed by atoms with van der Waals surface area (Å²) >= 11 is 0. The van der Waals surface area contributed by atoms with Crippen molar-refractivity contribution in [3.05, 3.63) is 78.4 Å². The lowest BCUT2D eigenvalue weighted by molar-refractivity contribution is -0.147.